The van der Waals surface area contributed by atoms with E-state index in [0.29, 0.717) is 0 Å². The van der Waals surface area contributed by atoms with Crippen molar-refractivity contribution >= 4 is 22.5 Å². The largest absolute Gasteiger partial charge is 0.334 e. The van der Waals surface area contributed by atoms with Gasteiger partial charge in [-0.2, -0.15) is 8.42 Å². The maximum Gasteiger partial charge on any atom is 0.328 e. The van der Waals surface area contributed by atoms with Crippen LogP contribution in [0.25, 0.3) is 0 Å². The zero-order valence-electron chi connectivity index (χ0n) is 4.68. The Hall–Kier alpha value is -0.590. The Kier molecular flexibility index (Phi) is 2.82. The number of aromatic amines is 1. The minimum atomic E-state index is -4.13. The highest BCUT2D eigenvalue weighted by atomic mass is 35.5. The molecule has 0 unspecified atom stereocenters. The number of imidazole rings is 1. The minimum absolute atomic E-state index is 0. The second-order valence-electron chi connectivity index (χ2n) is 1.37. The quantitative estimate of drug-likeness (QED) is 0.606. The number of H-pyrrole nitrogens is 1. The Morgan fingerprint density at radius 1 is 1.60 bits per heavy atom. The molecule has 0 fully saturated rings. The zero-order valence-corrected chi connectivity index (χ0v) is 6.32. The molecule has 0 aliphatic rings. The average molecular weight is 185 g/mol. The molecule has 5 nitrogen and oxygen atoms in total. The molecule has 0 spiro atoms. The highest BCUT2D eigenvalue weighted by molar-refractivity contribution is 7.85. The summed E-state index contributed by atoms with van der Waals surface area (Å²) < 4.78 is 28.6. The average Bonchev–Trinajstić information content (AvgIpc) is 2.08. The van der Waals surface area contributed by atoms with Crippen LogP contribution in [-0.2, 0) is 10.1 Å². The molecule has 1 aromatic rings. The van der Waals surface area contributed by atoms with E-state index in [-0.39, 0.29) is 12.4 Å². The van der Waals surface area contributed by atoms with E-state index in [0.717, 1.165) is 0 Å². The van der Waals surface area contributed by atoms with Crippen LogP contribution in [0.1, 0.15) is 0 Å². The molecule has 0 saturated carbocycles. The van der Waals surface area contributed by atoms with Crippen LogP contribution in [0.2, 0.25) is 0 Å². The Labute approximate surface area is 63.6 Å². The fourth-order valence-electron chi connectivity index (χ4n) is 0.392. The van der Waals surface area contributed by atoms with E-state index in [1.165, 1.54) is 12.4 Å². The molecule has 0 aromatic carbocycles. The van der Waals surface area contributed by atoms with Gasteiger partial charge in [-0.1, -0.05) is 0 Å². The summed E-state index contributed by atoms with van der Waals surface area (Å²) in [5.74, 6) is 0. The van der Waals surface area contributed by atoms with E-state index in [1.54, 1.807) is 0 Å². The van der Waals surface area contributed by atoms with Crippen LogP contribution < -0.4 is 0 Å². The maximum absolute atomic E-state index is 10.2. The highest BCUT2D eigenvalue weighted by Crippen LogP contribution is 1.96. The summed E-state index contributed by atoms with van der Waals surface area (Å²) in [5, 5.41) is -0.428. The molecule has 1 aromatic heterocycles. The van der Waals surface area contributed by atoms with E-state index >= 15 is 0 Å². The van der Waals surface area contributed by atoms with E-state index < -0.39 is 15.3 Å². The fourth-order valence-corrected chi connectivity index (χ4v) is 0.803. The standard InChI is InChI=1S/C3H4N2O3S.ClH/c6-9(7,8)3-4-1-2-5-3;/h1-2H,(H,4,5)(H,6,7,8);1H. The van der Waals surface area contributed by atoms with Crippen molar-refractivity contribution in [3.63, 3.8) is 0 Å². The fraction of sp³-hybridized carbons (Fsp3) is 0. The maximum atomic E-state index is 10.2. The third-order valence-electron chi connectivity index (χ3n) is 0.717. The van der Waals surface area contributed by atoms with Gasteiger partial charge in [0.15, 0.2) is 0 Å². The normalized spacial score (nSPS) is 10.5. The molecule has 0 atom stereocenters. The lowest BCUT2D eigenvalue weighted by atomic mass is 11.0. The van der Waals surface area contributed by atoms with Crippen LogP contribution in [0.15, 0.2) is 17.6 Å². The van der Waals surface area contributed by atoms with E-state index in [9.17, 15) is 8.42 Å². The molecule has 0 bridgehead atoms. The second kappa shape index (κ2) is 3.00. The van der Waals surface area contributed by atoms with Gasteiger partial charge >= 0.3 is 10.1 Å². The lowest BCUT2D eigenvalue weighted by molar-refractivity contribution is 0.475. The molecule has 0 aliphatic heterocycles. The minimum Gasteiger partial charge on any atom is -0.334 e. The third kappa shape index (κ3) is 1.98. The van der Waals surface area contributed by atoms with Gasteiger partial charge in [0.25, 0.3) is 5.16 Å². The first kappa shape index (κ1) is 9.41. The Morgan fingerprint density at radius 3 is 2.40 bits per heavy atom. The van der Waals surface area contributed by atoms with Crippen LogP contribution >= 0.6 is 12.4 Å². The summed E-state index contributed by atoms with van der Waals surface area (Å²) in [7, 11) is -4.13. The van der Waals surface area contributed by atoms with E-state index in [1.807, 2.05) is 0 Å². The van der Waals surface area contributed by atoms with Gasteiger partial charge in [0, 0.05) is 12.4 Å². The van der Waals surface area contributed by atoms with Gasteiger partial charge in [-0.25, -0.2) is 4.98 Å². The van der Waals surface area contributed by atoms with Gasteiger partial charge in [0.05, 0.1) is 0 Å². The van der Waals surface area contributed by atoms with Gasteiger partial charge in [0.2, 0.25) is 0 Å². The molecule has 1 heterocycles. The Bertz CT molecular complexity index is 279. The molecule has 7 heteroatoms. The van der Waals surface area contributed by atoms with Crippen molar-refractivity contribution in [2.24, 2.45) is 0 Å². The number of nitrogens with zero attached hydrogens (tertiary/aromatic N) is 1. The number of halogens is 1. The number of rotatable bonds is 1. The molecular weight excluding hydrogens is 180 g/mol. The smallest absolute Gasteiger partial charge is 0.328 e. The highest BCUT2D eigenvalue weighted by Gasteiger charge is 2.09. The van der Waals surface area contributed by atoms with Crippen molar-refractivity contribution in [2.45, 2.75) is 5.16 Å². The van der Waals surface area contributed by atoms with Gasteiger partial charge < -0.3 is 4.98 Å². The van der Waals surface area contributed by atoms with E-state index in [2.05, 4.69) is 9.97 Å². The molecule has 0 saturated heterocycles. The first-order valence-electron chi connectivity index (χ1n) is 2.07. The van der Waals surface area contributed by atoms with Gasteiger partial charge in [-0.15, -0.1) is 12.4 Å². The van der Waals surface area contributed by atoms with Crippen molar-refractivity contribution in [2.75, 3.05) is 0 Å². The van der Waals surface area contributed by atoms with Gasteiger partial charge in [-0.3, -0.25) is 4.55 Å². The van der Waals surface area contributed by atoms with Crippen molar-refractivity contribution in [1.82, 2.24) is 9.97 Å². The van der Waals surface area contributed by atoms with Crippen molar-refractivity contribution in [3.8, 4) is 0 Å². The summed E-state index contributed by atoms with van der Waals surface area (Å²) in [4.78, 5) is 5.52. The third-order valence-corrected chi connectivity index (χ3v) is 1.43. The number of nitrogens with one attached hydrogen (secondary N) is 1. The van der Waals surface area contributed by atoms with Crippen LogP contribution in [0.5, 0.6) is 0 Å². The summed E-state index contributed by atoms with van der Waals surface area (Å²) in [6.45, 7) is 0. The number of aromatic nitrogens is 2. The number of hydrogen-bond acceptors (Lipinski definition) is 3. The topological polar surface area (TPSA) is 83.1 Å². The lowest BCUT2D eigenvalue weighted by Crippen LogP contribution is -1.99. The summed E-state index contributed by atoms with van der Waals surface area (Å²) in [5.41, 5.74) is 0. The van der Waals surface area contributed by atoms with Gasteiger partial charge in [-0.05, 0) is 0 Å². The van der Waals surface area contributed by atoms with Crippen molar-refractivity contribution < 1.29 is 13.0 Å². The summed E-state index contributed by atoms with van der Waals surface area (Å²) >= 11 is 0. The Morgan fingerprint density at radius 2 is 2.20 bits per heavy atom. The predicted octanol–water partition coefficient (Wildman–Crippen LogP) is 0.0782. The first-order chi connectivity index (χ1) is 4.11. The van der Waals surface area contributed by atoms with Gasteiger partial charge in [0.1, 0.15) is 0 Å². The van der Waals surface area contributed by atoms with Crippen molar-refractivity contribution in [3.05, 3.63) is 12.4 Å². The molecule has 58 valence electrons. The summed E-state index contributed by atoms with van der Waals surface area (Å²) in [6.07, 6.45) is 2.55. The van der Waals surface area contributed by atoms with Crippen LogP contribution in [-0.4, -0.2) is 22.9 Å². The first-order valence-corrected chi connectivity index (χ1v) is 3.51. The molecule has 0 radical (unpaired) electrons. The summed E-state index contributed by atoms with van der Waals surface area (Å²) in [6, 6.07) is 0. The Balaban J connectivity index is 0.000000810. The molecule has 0 aliphatic carbocycles. The monoisotopic (exact) mass is 184 g/mol. The second-order valence-corrected chi connectivity index (χ2v) is 2.71. The van der Waals surface area contributed by atoms with Crippen LogP contribution in [0.4, 0.5) is 0 Å². The lowest BCUT2D eigenvalue weighted by Gasteiger charge is -1.84. The molecule has 2 N–H and O–H groups in total. The molecule has 10 heavy (non-hydrogen) atoms. The molecule has 0 amide bonds. The SMILES string of the molecule is Cl.O=S(=O)(O)c1ncc[nH]1. The molecule has 1 rings (SSSR count). The van der Waals surface area contributed by atoms with E-state index in [4.69, 9.17) is 4.55 Å². The van der Waals surface area contributed by atoms with Crippen LogP contribution in [0, 0.1) is 0 Å². The number of hydrogen-bond donors (Lipinski definition) is 2. The predicted molar refractivity (Wildman–Crippen MR) is 35.7 cm³/mol. The molecular formula is C3H5ClN2O3S. The zero-order chi connectivity index (χ0) is 6.91. The van der Waals surface area contributed by atoms with Crippen molar-refractivity contribution in [1.29, 1.82) is 0 Å². The van der Waals surface area contributed by atoms with Crippen LogP contribution in [0.3, 0.4) is 0 Å².